The summed E-state index contributed by atoms with van der Waals surface area (Å²) in [5, 5.41) is 6.80. The fourth-order valence-electron chi connectivity index (χ4n) is 2.04. The van der Waals surface area contributed by atoms with E-state index in [1.54, 1.807) is 24.1 Å². The lowest BCUT2D eigenvalue weighted by Gasteiger charge is -2.34. The molecule has 2 heterocycles. The van der Waals surface area contributed by atoms with E-state index < -0.39 is 5.41 Å². The van der Waals surface area contributed by atoms with Crippen molar-refractivity contribution in [3.05, 3.63) is 12.4 Å². The first-order valence-corrected chi connectivity index (χ1v) is 6.13. The molecule has 0 saturated carbocycles. The van der Waals surface area contributed by atoms with Gasteiger partial charge in [0.2, 0.25) is 5.91 Å². The smallest absolute Gasteiger partial charge is 0.237 e. The average molecular weight is 268 g/mol. The Balaban J connectivity index is 2.16. The zero-order valence-corrected chi connectivity index (χ0v) is 11.0. The van der Waals surface area contributed by atoms with Gasteiger partial charge >= 0.3 is 0 Å². The van der Waals surface area contributed by atoms with Gasteiger partial charge in [0, 0.05) is 26.5 Å². The van der Waals surface area contributed by atoms with Crippen molar-refractivity contribution >= 4 is 28.8 Å². The molecule has 1 amide bonds. The molecular formula is C11H16N4O2S. The topological polar surface area (TPSA) is 82.2 Å². The summed E-state index contributed by atoms with van der Waals surface area (Å²) in [5.41, 5.74) is 5.60. The number of hydrogen-bond acceptors (Lipinski definition) is 4. The molecule has 0 radical (unpaired) electrons. The van der Waals surface area contributed by atoms with Gasteiger partial charge in [-0.3, -0.25) is 9.48 Å². The van der Waals surface area contributed by atoms with Crippen LogP contribution in [0.3, 0.4) is 0 Å². The third kappa shape index (κ3) is 2.37. The number of aryl methyl sites for hydroxylation is 1. The van der Waals surface area contributed by atoms with Gasteiger partial charge in [-0.2, -0.15) is 5.10 Å². The number of nitrogens with two attached hydrogens (primary N) is 1. The molecule has 0 atom stereocenters. The standard InChI is InChI=1S/C11H16N4O2S/c1-15-7-8(6-13-15)14-10(16)11(9(12)18)2-4-17-5-3-11/h6-7H,2-5H2,1H3,(H2,12,18)(H,14,16). The maximum atomic E-state index is 12.4. The van der Waals surface area contributed by atoms with Gasteiger partial charge in [0.25, 0.3) is 0 Å². The number of hydrogen-bond donors (Lipinski definition) is 2. The SMILES string of the molecule is Cn1cc(NC(=O)C2(C(N)=S)CCOCC2)cn1. The average Bonchev–Trinajstić information content (AvgIpc) is 2.75. The number of aromatic nitrogens is 2. The highest BCUT2D eigenvalue weighted by atomic mass is 32.1. The second kappa shape index (κ2) is 5.03. The molecule has 2 rings (SSSR count). The Morgan fingerprint density at radius 1 is 1.61 bits per heavy atom. The molecule has 1 aromatic rings. The molecule has 6 nitrogen and oxygen atoms in total. The van der Waals surface area contributed by atoms with E-state index in [1.165, 1.54) is 0 Å². The Kier molecular flexibility index (Phi) is 3.63. The molecule has 1 aromatic heterocycles. The molecule has 18 heavy (non-hydrogen) atoms. The Morgan fingerprint density at radius 3 is 2.78 bits per heavy atom. The van der Waals surface area contributed by atoms with Crippen LogP contribution in [0.25, 0.3) is 0 Å². The van der Waals surface area contributed by atoms with Crippen LogP contribution in [0.15, 0.2) is 12.4 Å². The number of ether oxygens (including phenoxy) is 1. The summed E-state index contributed by atoms with van der Waals surface area (Å²) in [7, 11) is 1.79. The van der Waals surface area contributed by atoms with Crippen LogP contribution in [-0.4, -0.2) is 33.9 Å². The number of nitrogens with zero attached hydrogens (tertiary/aromatic N) is 2. The number of nitrogens with one attached hydrogen (secondary N) is 1. The quantitative estimate of drug-likeness (QED) is 0.777. The number of carbonyl (C=O) groups excluding carboxylic acids is 1. The Hall–Kier alpha value is -1.47. The summed E-state index contributed by atoms with van der Waals surface area (Å²) in [6, 6.07) is 0. The molecule has 1 aliphatic rings. The van der Waals surface area contributed by atoms with Gasteiger partial charge in [0.05, 0.1) is 16.9 Å². The van der Waals surface area contributed by atoms with Gasteiger partial charge in [0.1, 0.15) is 5.41 Å². The summed E-state index contributed by atoms with van der Waals surface area (Å²) < 4.78 is 6.89. The molecule has 1 saturated heterocycles. The van der Waals surface area contributed by atoms with Crippen molar-refractivity contribution in [1.82, 2.24) is 9.78 Å². The van der Waals surface area contributed by atoms with Gasteiger partial charge in [-0.05, 0) is 12.8 Å². The van der Waals surface area contributed by atoms with Crippen LogP contribution in [0.1, 0.15) is 12.8 Å². The lowest BCUT2D eigenvalue weighted by atomic mass is 9.79. The molecule has 1 fully saturated rings. The van der Waals surface area contributed by atoms with Crippen LogP contribution in [0, 0.1) is 5.41 Å². The summed E-state index contributed by atoms with van der Waals surface area (Å²) in [5.74, 6) is -0.175. The van der Waals surface area contributed by atoms with Crippen LogP contribution in [0.2, 0.25) is 0 Å². The maximum absolute atomic E-state index is 12.4. The van der Waals surface area contributed by atoms with E-state index >= 15 is 0 Å². The molecule has 98 valence electrons. The first-order valence-electron chi connectivity index (χ1n) is 5.72. The van der Waals surface area contributed by atoms with Crippen molar-refractivity contribution in [3.63, 3.8) is 0 Å². The van der Waals surface area contributed by atoms with Crippen molar-refractivity contribution in [2.24, 2.45) is 18.2 Å². The molecule has 0 spiro atoms. The minimum absolute atomic E-state index is 0.175. The lowest BCUT2D eigenvalue weighted by Crippen LogP contribution is -2.49. The number of anilines is 1. The highest BCUT2D eigenvalue weighted by molar-refractivity contribution is 7.80. The minimum Gasteiger partial charge on any atom is -0.392 e. The lowest BCUT2D eigenvalue weighted by molar-refractivity contribution is -0.126. The zero-order chi connectivity index (χ0) is 13.2. The fourth-order valence-corrected chi connectivity index (χ4v) is 2.34. The van der Waals surface area contributed by atoms with Crippen LogP contribution < -0.4 is 11.1 Å². The minimum atomic E-state index is -0.802. The summed E-state index contributed by atoms with van der Waals surface area (Å²) in [4.78, 5) is 12.6. The van der Waals surface area contributed by atoms with Crippen molar-refractivity contribution in [3.8, 4) is 0 Å². The molecular weight excluding hydrogens is 252 g/mol. The van der Waals surface area contributed by atoms with Crippen molar-refractivity contribution in [1.29, 1.82) is 0 Å². The number of carbonyl (C=O) groups is 1. The summed E-state index contributed by atoms with van der Waals surface area (Å²) >= 11 is 5.07. The van der Waals surface area contributed by atoms with Gasteiger partial charge in [-0.1, -0.05) is 12.2 Å². The third-order valence-corrected chi connectivity index (χ3v) is 3.61. The second-order valence-electron chi connectivity index (χ2n) is 4.42. The van der Waals surface area contributed by atoms with E-state index in [9.17, 15) is 4.79 Å². The fraction of sp³-hybridized carbons (Fsp3) is 0.545. The van der Waals surface area contributed by atoms with Gasteiger partial charge in [-0.25, -0.2) is 0 Å². The third-order valence-electron chi connectivity index (χ3n) is 3.22. The highest BCUT2D eigenvalue weighted by Gasteiger charge is 2.43. The second-order valence-corrected chi connectivity index (χ2v) is 4.86. The van der Waals surface area contributed by atoms with Crippen molar-refractivity contribution in [2.45, 2.75) is 12.8 Å². The number of amides is 1. The molecule has 0 aliphatic carbocycles. The molecule has 0 bridgehead atoms. The largest absolute Gasteiger partial charge is 0.392 e. The summed E-state index contributed by atoms with van der Waals surface area (Å²) in [6.07, 6.45) is 4.36. The van der Waals surface area contributed by atoms with E-state index in [1.807, 2.05) is 0 Å². The van der Waals surface area contributed by atoms with E-state index in [0.717, 1.165) is 0 Å². The van der Waals surface area contributed by atoms with E-state index in [-0.39, 0.29) is 10.9 Å². The molecule has 7 heteroatoms. The number of rotatable bonds is 3. The first-order chi connectivity index (χ1) is 8.54. The monoisotopic (exact) mass is 268 g/mol. The van der Waals surface area contributed by atoms with E-state index in [2.05, 4.69) is 10.4 Å². The zero-order valence-electron chi connectivity index (χ0n) is 10.2. The van der Waals surface area contributed by atoms with Crippen molar-refractivity contribution < 1.29 is 9.53 Å². The van der Waals surface area contributed by atoms with Crippen LogP contribution >= 0.6 is 12.2 Å². The Bertz CT molecular complexity index is 465. The van der Waals surface area contributed by atoms with Gasteiger partial charge in [0.15, 0.2) is 0 Å². The number of thiocarbonyl (C=S) groups is 1. The van der Waals surface area contributed by atoms with Crippen LogP contribution in [0.4, 0.5) is 5.69 Å². The van der Waals surface area contributed by atoms with Crippen LogP contribution in [0.5, 0.6) is 0 Å². The molecule has 0 unspecified atom stereocenters. The predicted molar refractivity (Wildman–Crippen MR) is 71.1 cm³/mol. The van der Waals surface area contributed by atoms with E-state index in [0.29, 0.717) is 31.7 Å². The van der Waals surface area contributed by atoms with Crippen LogP contribution in [-0.2, 0) is 16.6 Å². The molecule has 0 aromatic carbocycles. The van der Waals surface area contributed by atoms with Gasteiger partial charge in [-0.15, -0.1) is 0 Å². The predicted octanol–water partition coefficient (Wildman–Crippen LogP) is 0.441. The summed E-state index contributed by atoms with van der Waals surface area (Å²) in [6.45, 7) is 0.996. The Morgan fingerprint density at radius 2 is 2.28 bits per heavy atom. The van der Waals surface area contributed by atoms with Crippen molar-refractivity contribution in [2.75, 3.05) is 18.5 Å². The normalized spacial score (nSPS) is 18.3. The maximum Gasteiger partial charge on any atom is 0.237 e. The van der Waals surface area contributed by atoms with E-state index in [4.69, 9.17) is 22.7 Å². The molecule has 1 aliphatic heterocycles. The Labute approximate surface area is 110 Å². The van der Waals surface area contributed by atoms with Gasteiger partial charge < -0.3 is 15.8 Å². The highest BCUT2D eigenvalue weighted by Crippen LogP contribution is 2.32. The first kappa shape index (κ1) is 13.0. The molecule has 3 N–H and O–H groups in total.